The fourth-order valence-corrected chi connectivity index (χ4v) is 3.94. The van der Waals surface area contributed by atoms with Gasteiger partial charge >= 0.3 is 5.97 Å². The number of sulfonamides is 1. The molecule has 0 unspecified atom stereocenters. The van der Waals surface area contributed by atoms with Gasteiger partial charge in [-0.3, -0.25) is 4.72 Å². The molecule has 0 aliphatic carbocycles. The Kier molecular flexibility index (Phi) is 4.99. The fourth-order valence-electron chi connectivity index (χ4n) is 2.42. The van der Waals surface area contributed by atoms with Crippen molar-refractivity contribution < 1.29 is 18.3 Å². The third-order valence-electron chi connectivity index (χ3n) is 3.81. The molecule has 0 fully saturated rings. The number of aromatic carboxylic acids is 1. The van der Waals surface area contributed by atoms with Crippen LogP contribution in [0.5, 0.6) is 0 Å². The predicted molar refractivity (Wildman–Crippen MR) is 94.2 cm³/mol. The molecule has 2 aromatic rings. The molecule has 0 saturated heterocycles. The van der Waals surface area contributed by atoms with E-state index in [-0.39, 0.29) is 16.4 Å². The van der Waals surface area contributed by atoms with Crippen LogP contribution < -0.4 is 4.72 Å². The number of carboxylic acids is 1. The summed E-state index contributed by atoms with van der Waals surface area (Å²) in [6.45, 7) is 7.43. The van der Waals surface area contributed by atoms with Crippen LogP contribution in [-0.2, 0) is 10.0 Å². The first-order chi connectivity index (χ1) is 11.1. The molecule has 0 heterocycles. The van der Waals surface area contributed by atoms with Gasteiger partial charge < -0.3 is 5.11 Å². The van der Waals surface area contributed by atoms with E-state index in [0.29, 0.717) is 11.3 Å². The van der Waals surface area contributed by atoms with Crippen molar-refractivity contribution in [1.29, 1.82) is 0 Å². The minimum atomic E-state index is -3.90. The molecule has 0 saturated carbocycles. The predicted octanol–water partition coefficient (Wildman–Crippen LogP) is 3.93. The zero-order chi connectivity index (χ0) is 18.1. The molecule has 0 aliphatic heterocycles. The molecular formula is C18H21NO4S. The second-order valence-corrected chi connectivity index (χ2v) is 7.79. The maximum Gasteiger partial charge on any atom is 0.335 e. The summed E-state index contributed by atoms with van der Waals surface area (Å²) in [5.74, 6) is -1.22. The summed E-state index contributed by atoms with van der Waals surface area (Å²) in [6, 6.07) is 9.69. The van der Waals surface area contributed by atoms with E-state index < -0.39 is 16.0 Å². The van der Waals surface area contributed by atoms with Crippen molar-refractivity contribution in [2.45, 2.75) is 38.5 Å². The number of nitrogens with one attached hydrogen (secondary N) is 1. The molecule has 2 N–H and O–H groups in total. The molecule has 0 aromatic heterocycles. The van der Waals surface area contributed by atoms with Crippen LogP contribution >= 0.6 is 0 Å². The van der Waals surface area contributed by atoms with E-state index in [0.717, 1.165) is 11.1 Å². The Balaban J connectivity index is 2.57. The summed E-state index contributed by atoms with van der Waals surface area (Å²) < 4.78 is 28.3. The van der Waals surface area contributed by atoms with Gasteiger partial charge in [-0.05, 0) is 54.7 Å². The van der Waals surface area contributed by atoms with Gasteiger partial charge in [0.05, 0.1) is 16.1 Å². The third-order valence-corrected chi connectivity index (χ3v) is 5.23. The summed E-state index contributed by atoms with van der Waals surface area (Å²) >= 11 is 0. The molecule has 0 aliphatic rings. The van der Waals surface area contributed by atoms with E-state index >= 15 is 0 Å². The molecule has 2 aromatic carbocycles. The molecule has 0 spiro atoms. The number of benzene rings is 2. The van der Waals surface area contributed by atoms with Gasteiger partial charge in [0.2, 0.25) is 0 Å². The molecule has 6 heteroatoms. The average Bonchev–Trinajstić information content (AvgIpc) is 2.50. The smallest absolute Gasteiger partial charge is 0.335 e. The van der Waals surface area contributed by atoms with Gasteiger partial charge in [-0.1, -0.05) is 32.0 Å². The molecule has 0 atom stereocenters. The molecule has 0 bridgehead atoms. The second-order valence-electron chi connectivity index (χ2n) is 6.14. The van der Waals surface area contributed by atoms with Crippen LogP contribution in [0.15, 0.2) is 41.3 Å². The quantitative estimate of drug-likeness (QED) is 0.858. The lowest BCUT2D eigenvalue weighted by Crippen LogP contribution is -2.17. The SMILES string of the molecule is Cc1ccc(C)c(NS(=O)(=O)c2cc(C(=O)O)ccc2C(C)C)c1. The van der Waals surface area contributed by atoms with Crippen molar-refractivity contribution in [3.63, 3.8) is 0 Å². The van der Waals surface area contributed by atoms with E-state index in [1.165, 1.54) is 12.1 Å². The highest BCUT2D eigenvalue weighted by molar-refractivity contribution is 7.92. The van der Waals surface area contributed by atoms with E-state index in [1.54, 1.807) is 12.1 Å². The Bertz CT molecular complexity index is 886. The highest BCUT2D eigenvalue weighted by Gasteiger charge is 2.23. The number of hydrogen-bond donors (Lipinski definition) is 2. The third kappa shape index (κ3) is 3.76. The van der Waals surface area contributed by atoms with Crippen LogP contribution in [0, 0.1) is 13.8 Å². The van der Waals surface area contributed by atoms with Crippen LogP contribution in [0.3, 0.4) is 0 Å². The van der Waals surface area contributed by atoms with Crippen LogP contribution in [0.1, 0.15) is 46.8 Å². The highest BCUT2D eigenvalue weighted by Crippen LogP contribution is 2.28. The Morgan fingerprint density at radius 1 is 1.08 bits per heavy atom. The van der Waals surface area contributed by atoms with Crippen LogP contribution in [0.25, 0.3) is 0 Å². The normalized spacial score (nSPS) is 11.5. The minimum Gasteiger partial charge on any atom is -0.478 e. The number of aryl methyl sites for hydroxylation is 2. The van der Waals surface area contributed by atoms with Gasteiger partial charge in [-0.15, -0.1) is 0 Å². The van der Waals surface area contributed by atoms with E-state index in [4.69, 9.17) is 5.11 Å². The molecule has 0 radical (unpaired) electrons. The van der Waals surface area contributed by atoms with Crippen LogP contribution in [0.4, 0.5) is 5.69 Å². The molecule has 2 rings (SSSR count). The van der Waals surface area contributed by atoms with Crippen molar-refractivity contribution in [3.05, 3.63) is 58.7 Å². The van der Waals surface area contributed by atoms with Gasteiger partial charge in [-0.25, -0.2) is 13.2 Å². The summed E-state index contributed by atoms with van der Waals surface area (Å²) in [6.07, 6.45) is 0. The lowest BCUT2D eigenvalue weighted by atomic mass is 10.0. The number of rotatable bonds is 5. The zero-order valence-corrected chi connectivity index (χ0v) is 14.9. The Morgan fingerprint density at radius 2 is 1.75 bits per heavy atom. The first-order valence-electron chi connectivity index (χ1n) is 7.59. The zero-order valence-electron chi connectivity index (χ0n) is 14.1. The topological polar surface area (TPSA) is 83.5 Å². The lowest BCUT2D eigenvalue weighted by molar-refractivity contribution is 0.0696. The maximum atomic E-state index is 12.9. The summed E-state index contributed by atoms with van der Waals surface area (Å²) in [5.41, 5.74) is 2.75. The average molecular weight is 347 g/mol. The van der Waals surface area contributed by atoms with E-state index in [9.17, 15) is 13.2 Å². The second kappa shape index (κ2) is 6.65. The van der Waals surface area contributed by atoms with E-state index in [1.807, 2.05) is 39.8 Å². The van der Waals surface area contributed by atoms with E-state index in [2.05, 4.69) is 4.72 Å². The van der Waals surface area contributed by atoms with Gasteiger partial charge in [0.15, 0.2) is 0 Å². The highest BCUT2D eigenvalue weighted by atomic mass is 32.2. The lowest BCUT2D eigenvalue weighted by Gasteiger charge is -2.16. The van der Waals surface area contributed by atoms with Crippen molar-refractivity contribution in [3.8, 4) is 0 Å². The minimum absolute atomic E-state index is 0.00157. The monoisotopic (exact) mass is 347 g/mol. The van der Waals surface area contributed by atoms with Crippen molar-refractivity contribution in [2.75, 3.05) is 4.72 Å². The molecule has 0 amide bonds. The Labute approximate surface area is 142 Å². The number of hydrogen-bond acceptors (Lipinski definition) is 3. The standard InChI is InChI=1S/C18H21NO4S/c1-11(2)15-8-7-14(18(20)21)10-17(15)24(22,23)19-16-9-12(3)5-6-13(16)4/h5-11,19H,1-4H3,(H,20,21). The molecular weight excluding hydrogens is 326 g/mol. The first-order valence-corrected chi connectivity index (χ1v) is 9.07. The Morgan fingerprint density at radius 3 is 2.33 bits per heavy atom. The van der Waals surface area contributed by atoms with Gasteiger partial charge in [0.25, 0.3) is 10.0 Å². The fraction of sp³-hybridized carbons (Fsp3) is 0.278. The van der Waals surface area contributed by atoms with Crippen molar-refractivity contribution >= 4 is 21.7 Å². The summed E-state index contributed by atoms with van der Waals surface area (Å²) in [7, 11) is -3.90. The van der Waals surface area contributed by atoms with Crippen molar-refractivity contribution in [2.24, 2.45) is 0 Å². The van der Waals surface area contributed by atoms with Gasteiger partial charge in [0, 0.05) is 0 Å². The first kappa shape index (κ1) is 18.0. The molecule has 24 heavy (non-hydrogen) atoms. The summed E-state index contributed by atoms with van der Waals surface area (Å²) in [4.78, 5) is 11.2. The van der Waals surface area contributed by atoms with Crippen LogP contribution in [-0.4, -0.2) is 19.5 Å². The number of carboxylic acid groups (broad SMARTS) is 1. The van der Waals surface area contributed by atoms with Gasteiger partial charge in [-0.2, -0.15) is 0 Å². The number of anilines is 1. The summed E-state index contributed by atoms with van der Waals surface area (Å²) in [5, 5.41) is 9.16. The van der Waals surface area contributed by atoms with Crippen LogP contribution in [0.2, 0.25) is 0 Å². The van der Waals surface area contributed by atoms with Gasteiger partial charge in [0.1, 0.15) is 0 Å². The largest absolute Gasteiger partial charge is 0.478 e. The maximum absolute atomic E-state index is 12.9. The Hall–Kier alpha value is -2.34. The number of carbonyl (C=O) groups is 1. The molecule has 5 nitrogen and oxygen atoms in total. The molecule has 128 valence electrons. The van der Waals surface area contributed by atoms with Crippen molar-refractivity contribution in [1.82, 2.24) is 0 Å².